The Bertz CT molecular complexity index is 1230. The smallest absolute Gasteiger partial charge is 0.291 e. The Labute approximate surface area is 163 Å². The number of thiazole rings is 1. The summed E-state index contributed by atoms with van der Waals surface area (Å²) in [6, 6.07) is 14.9. The molecule has 2 aromatic heterocycles. The summed E-state index contributed by atoms with van der Waals surface area (Å²) in [6.07, 6.45) is 5.48. The van der Waals surface area contributed by atoms with Gasteiger partial charge in [0.2, 0.25) is 4.96 Å². The molecular formula is C20H14ClN3O2S. The molecule has 134 valence electrons. The van der Waals surface area contributed by atoms with Crippen molar-refractivity contribution >= 4 is 46.1 Å². The lowest BCUT2D eigenvalue weighted by Gasteiger charge is -1.98. The maximum atomic E-state index is 12.6. The van der Waals surface area contributed by atoms with Crippen LogP contribution in [0, 0.1) is 0 Å². The molecule has 2 heterocycles. The topological polar surface area (TPSA) is 56.5 Å². The molecule has 2 aromatic carbocycles. The Morgan fingerprint density at radius 3 is 2.41 bits per heavy atom. The minimum absolute atomic E-state index is 0.176. The molecule has 0 aliphatic heterocycles. The normalized spacial score (nSPS) is 12.3. The van der Waals surface area contributed by atoms with Crippen LogP contribution in [0.2, 0.25) is 5.02 Å². The number of nitrogens with zero attached hydrogens (tertiary/aromatic N) is 3. The van der Waals surface area contributed by atoms with E-state index in [1.165, 1.54) is 15.9 Å². The van der Waals surface area contributed by atoms with Gasteiger partial charge in [-0.15, -0.1) is 5.10 Å². The van der Waals surface area contributed by atoms with Gasteiger partial charge in [0, 0.05) is 5.02 Å². The van der Waals surface area contributed by atoms with Gasteiger partial charge in [0.05, 0.1) is 11.6 Å². The first-order chi connectivity index (χ1) is 13.1. The molecule has 5 nitrogen and oxygen atoms in total. The fraction of sp³-hybridized carbons (Fsp3) is 0.0500. The number of halogens is 1. The number of ether oxygens (including phenoxy) is 1. The zero-order valence-electron chi connectivity index (χ0n) is 14.3. The van der Waals surface area contributed by atoms with E-state index in [9.17, 15) is 4.79 Å². The van der Waals surface area contributed by atoms with E-state index in [0.717, 1.165) is 16.9 Å². The lowest BCUT2D eigenvalue weighted by atomic mass is 10.2. The average Bonchev–Trinajstić information content (AvgIpc) is 3.21. The maximum absolute atomic E-state index is 12.6. The number of benzene rings is 2. The van der Waals surface area contributed by atoms with Crippen LogP contribution in [0.1, 0.15) is 17.0 Å². The minimum Gasteiger partial charge on any atom is -0.497 e. The third-order valence-electron chi connectivity index (χ3n) is 3.91. The van der Waals surface area contributed by atoms with E-state index < -0.39 is 0 Å². The third kappa shape index (κ3) is 3.77. The van der Waals surface area contributed by atoms with Crippen molar-refractivity contribution < 1.29 is 4.74 Å². The second-order valence-electron chi connectivity index (χ2n) is 5.74. The Kier molecular flexibility index (Phi) is 4.75. The van der Waals surface area contributed by atoms with E-state index in [1.54, 1.807) is 13.2 Å². The minimum atomic E-state index is -0.176. The molecule has 0 spiro atoms. The van der Waals surface area contributed by atoms with E-state index in [1.807, 2.05) is 60.7 Å². The van der Waals surface area contributed by atoms with Crippen LogP contribution in [0.5, 0.6) is 5.75 Å². The lowest BCUT2D eigenvalue weighted by molar-refractivity contribution is 0.415. The molecule has 0 aliphatic carbocycles. The molecular weight excluding hydrogens is 382 g/mol. The van der Waals surface area contributed by atoms with Crippen molar-refractivity contribution in [3.05, 3.63) is 85.4 Å². The van der Waals surface area contributed by atoms with Gasteiger partial charge in [-0.2, -0.15) is 9.50 Å². The van der Waals surface area contributed by atoms with Crippen LogP contribution in [0.15, 0.2) is 53.3 Å². The molecule has 0 fully saturated rings. The molecule has 0 saturated carbocycles. The first-order valence-electron chi connectivity index (χ1n) is 8.11. The van der Waals surface area contributed by atoms with Crippen LogP contribution < -0.4 is 14.8 Å². The predicted octanol–water partition coefficient (Wildman–Crippen LogP) is 3.53. The van der Waals surface area contributed by atoms with E-state index in [0.29, 0.717) is 20.3 Å². The SMILES string of the molecule is COc1ccc(C=c2sc3nc(C=Cc4ccc(Cl)cc4)nn3c2=O)cc1. The second-order valence-corrected chi connectivity index (χ2v) is 7.18. The Morgan fingerprint density at radius 2 is 1.74 bits per heavy atom. The van der Waals surface area contributed by atoms with Gasteiger partial charge in [0.1, 0.15) is 5.75 Å². The highest BCUT2D eigenvalue weighted by Crippen LogP contribution is 2.13. The van der Waals surface area contributed by atoms with Gasteiger partial charge >= 0.3 is 0 Å². The predicted molar refractivity (Wildman–Crippen MR) is 109 cm³/mol. The van der Waals surface area contributed by atoms with E-state index in [4.69, 9.17) is 16.3 Å². The van der Waals surface area contributed by atoms with E-state index in [2.05, 4.69) is 10.1 Å². The quantitative estimate of drug-likeness (QED) is 0.530. The highest BCUT2D eigenvalue weighted by atomic mass is 35.5. The largest absolute Gasteiger partial charge is 0.497 e. The van der Waals surface area contributed by atoms with Crippen LogP contribution in [0.3, 0.4) is 0 Å². The van der Waals surface area contributed by atoms with Gasteiger partial charge in [-0.3, -0.25) is 4.79 Å². The summed E-state index contributed by atoms with van der Waals surface area (Å²) in [7, 11) is 1.62. The first kappa shape index (κ1) is 17.5. The van der Waals surface area contributed by atoms with Gasteiger partial charge < -0.3 is 4.74 Å². The zero-order valence-corrected chi connectivity index (χ0v) is 15.9. The summed E-state index contributed by atoms with van der Waals surface area (Å²) in [5.41, 5.74) is 1.72. The third-order valence-corrected chi connectivity index (χ3v) is 5.12. The van der Waals surface area contributed by atoms with E-state index in [-0.39, 0.29) is 5.56 Å². The highest BCUT2D eigenvalue weighted by molar-refractivity contribution is 7.15. The molecule has 0 radical (unpaired) electrons. The van der Waals surface area contributed by atoms with Crippen LogP contribution in [-0.2, 0) is 0 Å². The van der Waals surface area contributed by atoms with Crippen molar-refractivity contribution in [3.8, 4) is 5.75 Å². The Balaban J connectivity index is 1.64. The van der Waals surface area contributed by atoms with Gasteiger partial charge in [-0.1, -0.05) is 53.3 Å². The fourth-order valence-electron chi connectivity index (χ4n) is 2.52. The molecule has 7 heteroatoms. The molecule has 0 amide bonds. The zero-order chi connectivity index (χ0) is 18.8. The summed E-state index contributed by atoms with van der Waals surface area (Å²) in [6.45, 7) is 0. The number of hydrogen-bond donors (Lipinski definition) is 0. The number of rotatable bonds is 4. The molecule has 0 aliphatic rings. The van der Waals surface area contributed by atoms with Crippen molar-refractivity contribution in [1.29, 1.82) is 0 Å². The molecule has 0 atom stereocenters. The number of fused-ring (bicyclic) bond motifs is 1. The first-order valence-corrected chi connectivity index (χ1v) is 9.31. The van der Waals surface area contributed by atoms with Crippen LogP contribution >= 0.6 is 22.9 Å². The Hall–Kier alpha value is -2.96. The number of methoxy groups -OCH3 is 1. The molecule has 27 heavy (non-hydrogen) atoms. The van der Waals surface area contributed by atoms with Crippen molar-refractivity contribution in [3.63, 3.8) is 0 Å². The van der Waals surface area contributed by atoms with Gasteiger partial charge in [0.15, 0.2) is 5.82 Å². The summed E-state index contributed by atoms with van der Waals surface area (Å²) < 4.78 is 7.06. The number of aromatic nitrogens is 3. The maximum Gasteiger partial charge on any atom is 0.291 e. The van der Waals surface area contributed by atoms with Crippen molar-refractivity contribution in [2.75, 3.05) is 7.11 Å². The standard InChI is InChI=1S/C20H14ClN3O2S/c1-26-16-9-4-14(5-10-16)12-17-19(25)24-20(27-17)22-18(23-24)11-6-13-2-7-15(21)8-3-13/h2-12H,1H3. The second kappa shape index (κ2) is 7.34. The molecule has 0 unspecified atom stereocenters. The highest BCUT2D eigenvalue weighted by Gasteiger charge is 2.08. The molecule has 0 N–H and O–H groups in total. The molecule has 0 saturated heterocycles. The van der Waals surface area contributed by atoms with Crippen molar-refractivity contribution in [2.24, 2.45) is 0 Å². The fourth-order valence-corrected chi connectivity index (χ4v) is 3.56. The summed E-state index contributed by atoms with van der Waals surface area (Å²) in [4.78, 5) is 17.5. The lowest BCUT2D eigenvalue weighted by Crippen LogP contribution is -2.23. The van der Waals surface area contributed by atoms with Gasteiger partial charge in [-0.05, 0) is 47.5 Å². The average molecular weight is 396 g/mol. The van der Waals surface area contributed by atoms with E-state index >= 15 is 0 Å². The monoisotopic (exact) mass is 395 g/mol. The summed E-state index contributed by atoms with van der Waals surface area (Å²) in [5.74, 6) is 1.26. The molecule has 4 rings (SSSR count). The summed E-state index contributed by atoms with van der Waals surface area (Å²) in [5, 5.41) is 4.97. The van der Waals surface area contributed by atoms with Gasteiger partial charge in [-0.25, -0.2) is 0 Å². The van der Waals surface area contributed by atoms with Gasteiger partial charge in [0.25, 0.3) is 5.56 Å². The Morgan fingerprint density at radius 1 is 1.04 bits per heavy atom. The molecule has 4 aromatic rings. The molecule has 0 bridgehead atoms. The van der Waals surface area contributed by atoms with Crippen LogP contribution in [-0.4, -0.2) is 21.7 Å². The summed E-state index contributed by atoms with van der Waals surface area (Å²) >= 11 is 7.19. The van der Waals surface area contributed by atoms with Crippen LogP contribution in [0.4, 0.5) is 0 Å². The number of hydrogen-bond acceptors (Lipinski definition) is 5. The van der Waals surface area contributed by atoms with Crippen LogP contribution in [0.25, 0.3) is 23.2 Å². The van der Waals surface area contributed by atoms with Crippen molar-refractivity contribution in [1.82, 2.24) is 14.6 Å². The van der Waals surface area contributed by atoms with Crippen molar-refractivity contribution in [2.45, 2.75) is 0 Å².